The van der Waals surface area contributed by atoms with Gasteiger partial charge in [-0.2, -0.15) is 0 Å². The van der Waals surface area contributed by atoms with Gasteiger partial charge in [0.2, 0.25) is 17.7 Å². The van der Waals surface area contributed by atoms with E-state index < -0.39 is 24.0 Å². The van der Waals surface area contributed by atoms with Gasteiger partial charge in [0.05, 0.1) is 6.04 Å². The fraction of sp³-hybridized carbons (Fsp3) is 0.800. The van der Waals surface area contributed by atoms with Gasteiger partial charge in [0, 0.05) is 6.54 Å². The molecule has 0 aliphatic carbocycles. The van der Waals surface area contributed by atoms with Crippen LogP contribution in [0.15, 0.2) is 0 Å². The van der Waals surface area contributed by atoms with Crippen LogP contribution in [0.2, 0.25) is 0 Å². The summed E-state index contributed by atoms with van der Waals surface area (Å²) in [7, 11) is 0. The van der Waals surface area contributed by atoms with Gasteiger partial charge in [0.1, 0.15) is 12.1 Å². The number of hydrogen-bond donors (Lipinski definition) is 4. The number of amides is 3. The molecule has 132 valence electrons. The second-order valence-corrected chi connectivity index (χ2v) is 5.95. The highest BCUT2D eigenvalue weighted by atomic mass is 16.2. The van der Waals surface area contributed by atoms with E-state index in [9.17, 15) is 14.4 Å². The number of carbonyl (C=O) groups is 3. The first-order valence-electron chi connectivity index (χ1n) is 8.28. The molecule has 8 nitrogen and oxygen atoms in total. The molecule has 1 saturated heterocycles. The summed E-state index contributed by atoms with van der Waals surface area (Å²) in [5.41, 5.74) is 16.6. The lowest BCUT2D eigenvalue weighted by molar-refractivity contribution is -0.141. The average Bonchev–Trinajstić information content (AvgIpc) is 3.02. The summed E-state index contributed by atoms with van der Waals surface area (Å²) < 4.78 is 0. The molecule has 1 aliphatic rings. The van der Waals surface area contributed by atoms with Crippen molar-refractivity contribution < 1.29 is 14.4 Å². The quantitative estimate of drug-likeness (QED) is 0.394. The fourth-order valence-electron chi connectivity index (χ4n) is 2.74. The van der Waals surface area contributed by atoms with Gasteiger partial charge in [0.25, 0.3) is 0 Å². The van der Waals surface area contributed by atoms with Crippen LogP contribution in [0.25, 0.3) is 0 Å². The van der Waals surface area contributed by atoms with Gasteiger partial charge in [-0.3, -0.25) is 14.4 Å². The van der Waals surface area contributed by atoms with Gasteiger partial charge in [0.15, 0.2) is 0 Å². The summed E-state index contributed by atoms with van der Waals surface area (Å²) in [5.74, 6) is -1.12. The molecular formula is C15H29N5O3. The fourth-order valence-corrected chi connectivity index (χ4v) is 2.74. The highest BCUT2D eigenvalue weighted by molar-refractivity contribution is 5.93. The van der Waals surface area contributed by atoms with Crippen LogP contribution in [0.1, 0.15) is 45.4 Å². The second kappa shape index (κ2) is 9.46. The Morgan fingerprint density at radius 1 is 1.30 bits per heavy atom. The Morgan fingerprint density at radius 3 is 2.57 bits per heavy atom. The Kier molecular flexibility index (Phi) is 7.97. The predicted octanol–water partition coefficient (Wildman–Crippen LogP) is -1.19. The van der Waals surface area contributed by atoms with Crippen LogP contribution in [0.4, 0.5) is 0 Å². The molecule has 1 fully saturated rings. The van der Waals surface area contributed by atoms with Crippen molar-refractivity contribution in [3.63, 3.8) is 0 Å². The largest absolute Gasteiger partial charge is 0.368 e. The van der Waals surface area contributed by atoms with Crippen molar-refractivity contribution in [1.82, 2.24) is 10.2 Å². The van der Waals surface area contributed by atoms with E-state index in [-0.39, 0.29) is 11.8 Å². The molecule has 8 heteroatoms. The van der Waals surface area contributed by atoms with Gasteiger partial charge >= 0.3 is 0 Å². The van der Waals surface area contributed by atoms with Crippen molar-refractivity contribution in [3.05, 3.63) is 0 Å². The Morgan fingerprint density at radius 2 is 2.00 bits per heavy atom. The molecule has 1 aliphatic heterocycles. The van der Waals surface area contributed by atoms with E-state index in [4.69, 9.17) is 17.2 Å². The van der Waals surface area contributed by atoms with Crippen LogP contribution in [0, 0.1) is 0 Å². The van der Waals surface area contributed by atoms with E-state index in [1.165, 1.54) is 4.90 Å². The molecule has 3 amide bonds. The number of nitrogens with one attached hydrogen (secondary N) is 1. The molecule has 3 unspecified atom stereocenters. The first kappa shape index (κ1) is 19.4. The number of nitrogens with zero attached hydrogens (tertiary/aromatic N) is 1. The van der Waals surface area contributed by atoms with Gasteiger partial charge in [-0.1, -0.05) is 6.92 Å². The second-order valence-electron chi connectivity index (χ2n) is 5.95. The summed E-state index contributed by atoms with van der Waals surface area (Å²) in [4.78, 5) is 37.7. The molecule has 1 rings (SSSR count). The third-order valence-corrected chi connectivity index (χ3v) is 4.20. The number of unbranched alkanes of at least 4 members (excludes halogenated alkanes) is 1. The van der Waals surface area contributed by atoms with E-state index in [2.05, 4.69) is 5.32 Å². The van der Waals surface area contributed by atoms with Crippen LogP contribution < -0.4 is 22.5 Å². The zero-order valence-electron chi connectivity index (χ0n) is 13.8. The van der Waals surface area contributed by atoms with E-state index >= 15 is 0 Å². The lowest BCUT2D eigenvalue weighted by atomic mass is 10.1. The van der Waals surface area contributed by atoms with Gasteiger partial charge in [-0.15, -0.1) is 0 Å². The number of primary amides is 1. The maximum Gasteiger partial charge on any atom is 0.245 e. The normalized spacial score (nSPS) is 20.1. The molecule has 23 heavy (non-hydrogen) atoms. The Bertz CT molecular complexity index is 429. The summed E-state index contributed by atoms with van der Waals surface area (Å²) in [6, 6.07) is -1.92. The van der Waals surface area contributed by atoms with Gasteiger partial charge < -0.3 is 27.4 Å². The standard InChI is InChI=1S/C15H29N5O3/c1-2-10(17)14(22)19-11(6-3-4-8-16)15(23)20-9-5-7-12(20)13(18)21/h10-12H,2-9,16-17H2,1H3,(H2,18,21)(H,19,22). The predicted molar refractivity (Wildman–Crippen MR) is 87.0 cm³/mol. The number of rotatable bonds is 9. The summed E-state index contributed by atoms with van der Waals surface area (Å²) >= 11 is 0. The van der Waals surface area contributed by atoms with Gasteiger partial charge in [-0.25, -0.2) is 0 Å². The number of likely N-dealkylation sites (tertiary alicyclic amines) is 1. The summed E-state index contributed by atoms with van der Waals surface area (Å²) in [5, 5.41) is 2.71. The van der Waals surface area contributed by atoms with Crippen molar-refractivity contribution in [3.8, 4) is 0 Å². The molecule has 0 bridgehead atoms. The van der Waals surface area contributed by atoms with Crippen molar-refractivity contribution in [1.29, 1.82) is 0 Å². The smallest absolute Gasteiger partial charge is 0.245 e. The molecule has 0 saturated carbocycles. The van der Waals surface area contributed by atoms with Crippen molar-refractivity contribution in [2.75, 3.05) is 13.1 Å². The Balaban J connectivity index is 2.78. The van der Waals surface area contributed by atoms with Crippen LogP contribution in [-0.4, -0.2) is 53.8 Å². The third-order valence-electron chi connectivity index (χ3n) is 4.20. The maximum atomic E-state index is 12.7. The first-order valence-corrected chi connectivity index (χ1v) is 8.28. The molecule has 0 aromatic rings. The monoisotopic (exact) mass is 327 g/mol. The maximum absolute atomic E-state index is 12.7. The minimum atomic E-state index is -0.688. The summed E-state index contributed by atoms with van der Waals surface area (Å²) in [6.45, 7) is 2.81. The van der Waals surface area contributed by atoms with E-state index in [0.29, 0.717) is 38.8 Å². The van der Waals surface area contributed by atoms with Crippen LogP contribution in [-0.2, 0) is 14.4 Å². The third kappa shape index (κ3) is 5.47. The SMILES string of the molecule is CCC(N)C(=O)NC(CCCCN)C(=O)N1CCCC1C(N)=O. The highest BCUT2D eigenvalue weighted by Crippen LogP contribution is 2.19. The molecule has 0 aromatic heterocycles. The van der Waals surface area contributed by atoms with E-state index in [1.54, 1.807) is 6.92 Å². The van der Waals surface area contributed by atoms with Crippen molar-refractivity contribution in [2.45, 2.75) is 63.6 Å². The number of nitrogens with two attached hydrogens (primary N) is 3. The molecule has 0 aromatic carbocycles. The lowest BCUT2D eigenvalue weighted by Crippen LogP contribution is -2.55. The zero-order valence-corrected chi connectivity index (χ0v) is 13.8. The Labute approximate surface area is 137 Å². The average molecular weight is 327 g/mol. The molecule has 0 radical (unpaired) electrons. The zero-order chi connectivity index (χ0) is 17.4. The Hall–Kier alpha value is -1.67. The molecule has 1 heterocycles. The van der Waals surface area contributed by atoms with Crippen LogP contribution in [0.3, 0.4) is 0 Å². The van der Waals surface area contributed by atoms with Crippen molar-refractivity contribution in [2.24, 2.45) is 17.2 Å². The topological polar surface area (TPSA) is 145 Å². The number of hydrogen-bond acceptors (Lipinski definition) is 5. The molecular weight excluding hydrogens is 298 g/mol. The molecule has 7 N–H and O–H groups in total. The minimum absolute atomic E-state index is 0.264. The van der Waals surface area contributed by atoms with Crippen LogP contribution in [0.5, 0.6) is 0 Å². The first-order chi connectivity index (χ1) is 10.9. The van der Waals surface area contributed by atoms with E-state index in [0.717, 1.165) is 12.8 Å². The van der Waals surface area contributed by atoms with Crippen LogP contribution >= 0.6 is 0 Å². The van der Waals surface area contributed by atoms with Crippen molar-refractivity contribution >= 4 is 17.7 Å². The van der Waals surface area contributed by atoms with Gasteiger partial charge in [-0.05, 0) is 45.1 Å². The minimum Gasteiger partial charge on any atom is -0.368 e. The lowest BCUT2D eigenvalue weighted by Gasteiger charge is -2.28. The number of carbonyl (C=O) groups excluding carboxylic acids is 3. The van der Waals surface area contributed by atoms with E-state index in [1.807, 2.05) is 0 Å². The highest BCUT2D eigenvalue weighted by Gasteiger charge is 2.36. The summed E-state index contributed by atoms with van der Waals surface area (Å²) in [6.07, 6.45) is 3.74. The molecule has 3 atom stereocenters. The molecule has 0 spiro atoms.